The van der Waals surface area contributed by atoms with Crippen LogP contribution in [0, 0.1) is 5.92 Å². The fourth-order valence-corrected chi connectivity index (χ4v) is 2.24. The van der Waals surface area contributed by atoms with E-state index >= 15 is 0 Å². The van der Waals surface area contributed by atoms with E-state index < -0.39 is 11.9 Å². The molecule has 0 radical (unpaired) electrons. The molecule has 1 atom stereocenters. The fourth-order valence-electron chi connectivity index (χ4n) is 2.24. The molecule has 1 aliphatic rings. The first-order valence-corrected chi connectivity index (χ1v) is 5.46. The van der Waals surface area contributed by atoms with Gasteiger partial charge < -0.3 is 19.3 Å². The molecule has 1 unspecified atom stereocenters. The summed E-state index contributed by atoms with van der Waals surface area (Å²) in [5.74, 6) is 0.501. The first-order chi connectivity index (χ1) is 7.10. The Bertz CT molecular complexity index is 171. The van der Waals surface area contributed by atoms with E-state index in [1.807, 2.05) is 0 Å². The third-order valence-corrected chi connectivity index (χ3v) is 2.98. The molecule has 1 fully saturated rings. The van der Waals surface area contributed by atoms with Gasteiger partial charge in [0, 0.05) is 27.4 Å². The van der Waals surface area contributed by atoms with Crippen molar-refractivity contribution in [1.29, 1.82) is 0 Å². The maximum atomic E-state index is 10.2. The van der Waals surface area contributed by atoms with Gasteiger partial charge in [-0.2, -0.15) is 0 Å². The number of ether oxygens (including phenoxy) is 3. The maximum absolute atomic E-state index is 10.2. The average molecular weight is 218 g/mol. The van der Waals surface area contributed by atoms with Crippen molar-refractivity contribution in [2.24, 2.45) is 5.92 Å². The zero-order valence-electron chi connectivity index (χ0n) is 9.86. The molecular formula is C11H22O4. The molecule has 0 aliphatic carbocycles. The van der Waals surface area contributed by atoms with E-state index in [2.05, 4.69) is 0 Å². The monoisotopic (exact) mass is 218 g/mol. The summed E-state index contributed by atoms with van der Waals surface area (Å²) < 4.78 is 15.5. The summed E-state index contributed by atoms with van der Waals surface area (Å²) in [6, 6.07) is 0. The van der Waals surface area contributed by atoms with Crippen molar-refractivity contribution in [3.63, 3.8) is 0 Å². The van der Waals surface area contributed by atoms with Crippen LogP contribution in [0.1, 0.15) is 26.2 Å². The second kappa shape index (κ2) is 5.80. The van der Waals surface area contributed by atoms with Gasteiger partial charge in [-0.1, -0.05) is 0 Å². The first kappa shape index (κ1) is 12.9. The van der Waals surface area contributed by atoms with Gasteiger partial charge in [0.05, 0.1) is 0 Å². The second-order valence-electron chi connectivity index (χ2n) is 4.42. The lowest BCUT2D eigenvalue weighted by Crippen LogP contribution is -2.44. The number of methoxy groups -OCH3 is 2. The lowest BCUT2D eigenvalue weighted by molar-refractivity contribution is -0.215. The topological polar surface area (TPSA) is 47.9 Å². The van der Waals surface area contributed by atoms with Crippen LogP contribution >= 0.6 is 0 Å². The highest BCUT2D eigenvalue weighted by Crippen LogP contribution is 2.28. The summed E-state index contributed by atoms with van der Waals surface area (Å²) in [5.41, 5.74) is -0.925. The number of hydrogen-bond donors (Lipinski definition) is 1. The van der Waals surface area contributed by atoms with E-state index in [-0.39, 0.29) is 0 Å². The summed E-state index contributed by atoms with van der Waals surface area (Å²) in [6.45, 7) is 3.36. The van der Waals surface area contributed by atoms with Gasteiger partial charge in [0.1, 0.15) is 5.60 Å². The third-order valence-electron chi connectivity index (χ3n) is 2.98. The Hall–Kier alpha value is -0.160. The summed E-state index contributed by atoms with van der Waals surface area (Å²) in [5, 5.41) is 10.2. The van der Waals surface area contributed by atoms with Crippen LogP contribution in [0.15, 0.2) is 0 Å². The molecular weight excluding hydrogens is 196 g/mol. The quantitative estimate of drug-likeness (QED) is 0.704. The SMILES string of the molecule is COC(OC)C(C)(O)CC1CCOCC1. The molecule has 4 nitrogen and oxygen atoms in total. The molecule has 0 aromatic rings. The molecule has 0 amide bonds. The van der Waals surface area contributed by atoms with Crippen molar-refractivity contribution in [1.82, 2.24) is 0 Å². The van der Waals surface area contributed by atoms with Gasteiger partial charge in [0.2, 0.25) is 0 Å². The van der Waals surface area contributed by atoms with Crippen LogP contribution in [0.25, 0.3) is 0 Å². The van der Waals surface area contributed by atoms with Crippen molar-refractivity contribution in [3.05, 3.63) is 0 Å². The van der Waals surface area contributed by atoms with E-state index in [0.717, 1.165) is 26.1 Å². The minimum Gasteiger partial charge on any atom is -0.385 e. The highest BCUT2D eigenvalue weighted by atomic mass is 16.7. The van der Waals surface area contributed by atoms with Crippen LogP contribution in [0.4, 0.5) is 0 Å². The Morgan fingerprint density at radius 2 is 1.87 bits per heavy atom. The van der Waals surface area contributed by atoms with Crippen LogP contribution in [0.3, 0.4) is 0 Å². The normalized spacial score (nSPS) is 23.0. The lowest BCUT2D eigenvalue weighted by Gasteiger charge is -2.34. The van der Waals surface area contributed by atoms with Gasteiger partial charge in [-0.05, 0) is 32.1 Å². The van der Waals surface area contributed by atoms with Crippen LogP contribution in [-0.2, 0) is 14.2 Å². The second-order valence-corrected chi connectivity index (χ2v) is 4.42. The van der Waals surface area contributed by atoms with E-state index in [1.165, 1.54) is 0 Å². The van der Waals surface area contributed by atoms with Gasteiger partial charge in [-0.15, -0.1) is 0 Å². The predicted octanol–water partition coefficient (Wildman–Crippen LogP) is 1.17. The average Bonchev–Trinajstić information content (AvgIpc) is 2.19. The molecule has 0 aromatic heterocycles. The summed E-state index contributed by atoms with van der Waals surface area (Å²) in [4.78, 5) is 0. The van der Waals surface area contributed by atoms with Gasteiger partial charge in [-0.25, -0.2) is 0 Å². The van der Waals surface area contributed by atoms with Crippen molar-refractivity contribution in [2.45, 2.75) is 38.1 Å². The largest absolute Gasteiger partial charge is 0.385 e. The molecule has 0 spiro atoms. The molecule has 90 valence electrons. The molecule has 1 saturated heterocycles. The first-order valence-electron chi connectivity index (χ1n) is 5.46. The van der Waals surface area contributed by atoms with Crippen molar-refractivity contribution in [3.8, 4) is 0 Å². The summed E-state index contributed by atoms with van der Waals surface area (Å²) in [6.07, 6.45) is 2.16. The zero-order valence-corrected chi connectivity index (χ0v) is 9.86. The van der Waals surface area contributed by atoms with Gasteiger partial charge in [-0.3, -0.25) is 0 Å². The van der Waals surface area contributed by atoms with Crippen LogP contribution in [0.5, 0.6) is 0 Å². The standard InChI is InChI=1S/C11H22O4/c1-11(12,10(13-2)14-3)8-9-4-6-15-7-5-9/h9-10,12H,4-8H2,1-3H3. The van der Waals surface area contributed by atoms with E-state index in [1.54, 1.807) is 21.1 Å². The van der Waals surface area contributed by atoms with E-state index in [4.69, 9.17) is 14.2 Å². The van der Waals surface area contributed by atoms with E-state index in [0.29, 0.717) is 12.3 Å². The maximum Gasteiger partial charge on any atom is 0.185 e. The molecule has 1 rings (SSSR count). The highest BCUT2D eigenvalue weighted by molar-refractivity contribution is 4.81. The molecule has 15 heavy (non-hydrogen) atoms. The van der Waals surface area contributed by atoms with Crippen molar-refractivity contribution in [2.75, 3.05) is 27.4 Å². The molecule has 0 aromatic carbocycles. The molecule has 1 N–H and O–H groups in total. The van der Waals surface area contributed by atoms with Crippen LogP contribution in [-0.4, -0.2) is 44.4 Å². The van der Waals surface area contributed by atoms with Gasteiger partial charge in [0.25, 0.3) is 0 Å². The Morgan fingerprint density at radius 3 is 2.33 bits per heavy atom. The Balaban J connectivity index is 2.45. The summed E-state index contributed by atoms with van der Waals surface area (Å²) >= 11 is 0. The molecule has 0 saturated carbocycles. The van der Waals surface area contributed by atoms with Crippen molar-refractivity contribution < 1.29 is 19.3 Å². The Kier molecular flexibility index (Phi) is 4.99. The minimum atomic E-state index is -0.925. The predicted molar refractivity (Wildman–Crippen MR) is 56.6 cm³/mol. The lowest BCUT2D eigenvalue weighted by atomic mass is 9.86. The molecule has 1 aliphatic heterocycles. The minimum absolute atomic E-state index is 0.501. The highest BCUT2D eigenvalue weighted by Gasteiger charge is 2.35. The number of rotatable bonds is 5. The fraction of sp³-hybridized carbons (Fsp3) is 1.00. The Labute approximate surface area is 91.5 Å². The summed E-state index contributed by atoms with van der Waals surface area (Å²) in [7, 11) is 3.10. The Morgan fingerprint density at radius 1 is 1.33 bits per heavy atom. The van der Waals surface area contributed by atoms with Crippen molar-refractivity contribution >= 4 is 0 Å². The molecule has 4 heteroatoms. The van der Waals surface area contributed by atoms with E-state index in [9.17, 15) is 5.11 Å². The van der Waals surface area contributed by atoms with Crippen LogP contribution < -0.4 is 0 Å². The third kappa shape index (κ3) is 3.72. The smallest absolute Gasteiger partial charge is 0.185 e. The number of aliphatic hydroxyl groups is 1. The molecule has 1 heterocycles. The zero-order chi connectivity index (χ0) is 11.3. The van der Waals surface area contributed by atoms with Gasteiger partial charge >= 0.3 is 0 Å². The number of hydrogen-bond acceptors (Lipinski definition) is 4. The molecule has 0 bridgehead atoms. The van der Waals surface area contributed by atoms with Gasteiger partial charge in [0.15, 0.2) is 6.29 Å². The van der Waals surface area contributed by atoms with Crippen LogP contribution in [0.2, 0.25) is 0 Å².